The van der Waals surface area contributed by atoms with Gasteiger partial charge in [-0.3, -0.25) is 0 Å². The van der Waals surface area contributed by atoms with Gasteiger partial charge in [0.2, 0.25) is 5.28 Å². The second kappa shape index (κ2) is 6.91. The molecule has 0 atom stereocenters. The van der Waals surface area contributed by atoms with Gasteiger partial charge in [-0.2, -0.15) is 0 Å². The van der Waals surface area contributed by atoms with Crippen LogP contribution in [0.3, 0.4) is 0 Å². The van der Waals surface area contributed by atoms with Gasteiger partial charge in [0, 0.05) is 37.9 Å². The summed E-state index contributed by atoms with van der Waals surface area (Å²) in [5.74, 6) is 1.18. The van der Waals surface area contributed by atoms with Crippen LogP contribution in [0.2, 0.25) is 5.28 Å². The minimum Gasteiger partial charge on any atom is -0.444 e. The zero-order valence-corrected chi connectivity index (χ0v) is 15.2. The zero-order chi connectivity index (χ0) is 17.2. The van der Waals surface area contributed by atoms with Crippen LogP contribution in [0.5, 0.6) is 0 Å². The molecule has 0 aromatic carbocycles. The predicted octanol–water partition coefficient (Wildman–Crippen LogP) is 3.31. The van der Waals surface area contributed by atoms with Crippen molar-refractivity contribution in [1.29, 1.82) is 0 Å². The Labute approximate surface area is 142 Å². The molecule has 1 aromatic heterocycles. The van der Waals surface area contributed by atoms with Gasteiger partial charge in [0.15, 0.2) is 0 Å². The van der Waals surface area contributed by atoms with Gasteiger partial charge in [-0.25, -0.2) is 14.8 Å². The number of piperazine rings is 1. The van der Waals surface area contributed by atoms with E-state index in [0.717, 1.165) is 11.4 Å². The van der Waals surface area contributed by atoms with Crippen molar-refractivity contribution in [1.82, 2.24) is 14.9 Å². The molecule has 6 nitrogen and oxygen atoms in total. The number of hydrogen-bond acceptors (Lipinski definition) is 5. The zero-order valence-electron chi connectivity index (χ0n) is 14.5. The lowest BCUT2D eigenvalue weighted by Gasteiger charge is -2.37. The van der Waals surface area contributed by atoms with Crippen molar-refractivity contribution in [2.45, 2.75) is 46.1 Å². The minimum atomic E-state index is -0.473. The summed E-state index contributed by atoms with van der Waals surface area (Å²) in [7, 11) is 0. The summed E-state index contributed by atoms with van der Waals surface area (Å²) < 4.78 is 5.42. The highest BCUT2D eigenvalue weighted by atomic mass is 35.5. The van der Waals surface area contributed by atoms with Crippen molar-refractivity contribution in [2.75, 3.05) is 31.1 Å². The Morgan fingerprint density at radius 3 is 2.39 bits per heavy atom. The van der Waals surface area contributed by atoms with E-state index in [1.54, 1.807) is 11.1 Å². The maximum absolute atomic E-state index is 12.1. The first-order chi connectivity index (χ1) is 10.7. The first-order valence-electron chi connectivity index (χ1n) is 7.92. The van der Waals surface area contributed by atoms with E-state index in [-0.39, 0.29) is 11.4 Å². The van der Waals surface area contributed by atoms with E-state index in [2.05, 4.69) is 28.7 Å². The highest BCUT2D eigenvalue weighted by Crippen LogP contribution is 2.27. The van der Waals surface area contributed by atoms with Crippen LogP contribution in [0.15, 0.2) is 6.20 Å². The highest BCUT2D eigenvalue weighted by molar-refractivity contribution is 6.28. The van der Waals surface area contributed by atoms with Crippen LogP contribution in [0.4, 0.5) is 10.6 Å². The molecule has 0 saturated carbocycles. The standard InChI is InChI=1S/C16H25ClN4O2/c1-11(2)12-10-18-14(17)19-13(12)20-6-8-21(9-7-20)15(22)23-16(3,4)5/h10-11H,6-9H2,1-5H3. The number of nitrogens with zero attached hydrogens (tertiary/aromatic N) is 4. The Morgan fingerprint density at radius 1 is 1.26 bits per heavy atom. The lowest BCUT2D eigenvalue weighted by Crippen LogP contribution is -2.50. The molecule has 0 spiro atoms. The number of amides is 1. The maximum atomic E-state index is 12.1. The smallest absolute Gasteiger partial charge is 0.410 e. The molecule has 0 radical (unpaired) electrons. The summed E-state index contributed by atoms with van der Waals surface area (Å²) in [6, 6.07) is 0. The Morgan fingerprint density at radius 2 is 1.87 bits per heavy atom. The largest absolute Gasteiger partial charge is 0.444 e. The monoisotopic (exact) mass is 340 g/mol. The molecule has 1 fully saturated rings. The molecule has 7 heteroatoms. The van der Waals surface area contributed by atoms with Gasteiger partial charge in [0.1, 0.15) is 11.4 Å². The van der Waals surface area contributed by atoms with Crippen molar-refractivity contribution in [3.8, 4) is 0 Å². The van der Waals surface area contributed by atoms with E-state index in [4.69, 9.17) is 16.3 Å². The average molecular weight is 341 g/mol. The summed E-state index contributed by atoms with van der Waals surface area (Å²) >= 11 is 5.96. The Balaban J connectivity index is 2.05. The Kier molecular flexibility index (Phi) is 5.34. The summed E-state index contributed by atoms with van der Waals surface area (Å²) in [6.07, 6.45) is 1.53. The summed E-state index contributed by atoms with van der Waals surface area (Å²) in [5, 5.41) is 0.249. The van der Waals surface area contributed by atoms with Gasteiger partial charge in [-0.1, -0.05) is 13.8 Å². The third kappa shape index (κ3) is 4.70. The van der Waals surface area contributed by atoms with Gasteiger partial charge in [0.05, 0.1) is 0 Å². The lowest BCUT2D eigenvalue weighted by atomic mass is 10.1. The van der Waals surface area contributed by atoms with Gasteiger partial charge in [0.25, 0.3) is 0 Å². The predicted molar refractivity (Wildman–Crippen MR) is 91.2 cm³/mol. The van der Waals surface area contributed by atoms with E-state index in [1.807, 2.05) is 20.8 Å². The molecule has 1 aliphatic heterocycles. The number of anilines is 1. The maximum Gasteiger partial charge on any atom is 0.410 e. The molecule has 2 heterocycles. The van der Waals surface area contributed by atoms with E-state index in [0.29, 0.717) is 32.1 Å². The molecule has 0 aliphatic carbocycles. The van der Waals surface area contributed by atoms with Gasteiger partial charge in [-0.15, -0.1) is 0 Å². The molecule has 1 aliphatic rings. The third-order valence-corrected chi connectivity index (χ3v) is 3.80. The Hall–Kier alpha value is -1.56. The molecule has 2 rings (SSSR count). The second-order valence-electron chi connectivity index (χ2n) is 7.03. The summed E-state index contributed by atoms with van der Waals surface area (Å²) in [5.41, 5.74) is 0.597. The summed E-state index contributed by atoms with van der Waals surface area (Å²) in [6.45, 7) is 12.4. The van der Waals surface area contributed by atoms with Crippen LogP contribution >= 0.6 is 11.6 Å². The summed E-state index contributed by atoms with van der Waals surface area (Å²) in [4.78, 5) is 24.5. The number of aromatic nitrogens is 2. The van der Waals surface area contributed by atoms with Crippen molar-refractivity contribution < 1.29 is 9.53 Å². The molecule has 1 saturated heterocycles. The average Bonchev–Trinajstić information content (AvgIpc) is 2.45. The fourth-order valence-electron chi connectivity index (χ4n) is 2.45. The van der Waals surface area contributed by atoms with Crippen LogP contribution in [0.25, 0.3) is 0 Å². The normalized spacial score (nSPS) is 16.0. The third-order valence-electron chi connectivity index (χ3n) is 3.62. The van der Waals surface area contributed by atoms with Crippen LogP contribution < -0.4 is 4.90 Å². The molecule has 23 heavy (non-hydrogen) atoms. The number of carbonyl (C=O) groups is 1. The van der Waals surface area contributed by atoms with E-state index >= 15 is 0 Å². The fourth-order valence-corrected chi connectivity index (χ4v) is 2.58. The minimum absolute atomic E-state index is 0.249. The van der Waals surface area contributed by atoms with E-state index in [1.165, 1.54) is 0 Å². The molecule has 1 aromatic rings. The molecule has 0 N–H and O–H groups in total. The number of hydrogen-bond donors (Lipinski definition) is 0. The second-order valence-corrected chi connectivity index (χ2v) is 7.37. The topological polar surface area (TPSA) is 58.6 Å². The van der Waals surface area contributed by atoms with Gasteiger partial charge in [-0.05, 0) is 38.3 Å². The number of rotatable bonds is 2. The Bertz CT molecular complexity index is 564. The fraction of sp³-hybridized carbons (Fsp3) is 0.688. The molecular weight excluding hydrogens is 316 g/mol. The highest BCUT2D eigenvalue weighted by Gasteiger charge is 2.27. The van der Waals surface area contributed by atoms with Crippen LogP contribution in [-0.2, 0) is 4.74 Å². The quantitative estimate of drug-likeness (QED) is 0.773. The van der Waals surface area contributed by atoms with Crippen molar-refractivity contribution in [2.24, 2.45) is 0 Å². The van der Waals surface area contributed by atoms with Crippen molar-refractivity contribution in [3.05, 3.63) is 17.0 Å². The molecule has 128 valence electrons. The van der Waals surface area contributed by atoms with Crippen LogP contribution in [0.1, 0.15) is 46.1 Å². The van der Waals surface area contributed by atoms with Crippen molar-refractivity contribution in [3.63, 3.8) is 0 Å². The first kappa shape index (κ1) is 17.8. The molecular formula is C16H25ClN4O2. The van der Waals surface area contributed by atoms with E-state index in [9.17, 15) is 4.79 Å². The van der Waals surface area contributed by atoms with E-state index < -0.39 is 5.60 Å². The molecule has 0 bridgehead atoms. The number of ether oxygens (including phenoxy) is 1. The van der Waals surface area contributed by atoms with Gasteiger partial charge >= 0.3 is 6.09 Å². The SMILES string of the molecule is CC(C)c1cnc(Cl)nc1N1CCN(C(=O)OC(C)(C)C)CC1. The number of halogens is 1. The van der Waals surface area contributed by atoms with Crippen LogP contribution in [-0.4, -0.2) is 52.7 Å². The van der Waals surface area contributed by atoms with Crippen molar-refractivity contribution >= 4 is 23.5 Å². The lowest BCUT2D eigenvalue weighted by molar-refractivity contribution is 0.0240. The molecule has 0 unspecified atom stereocenters. The van der Waals surface area contributed by atoms with Crippen LogP contribution in [0, 0.1) is 0 Å². The number of carbonyl (C=O) groups excluding carboxylic acids is 1. The first-order valence-corrected chi connectivity index (χ1v) is 8.30. The van der Waals surface area contributed by atoms with Gasteiger partial charge < -0.3 is 14.5 Å². The molecule has 1 amide bonds.